The van der Waals surface area contributed by atoms with Gasteiger partial charge in [-0.1, -0.05) is 12.8 Å². The van der Waals surface area contributed by atoms with E-state index >= 15 is 0 Å². The van der Waals surface area contributed by atoms with Gasteiger partial charge in [0.1, 0.15) is 5.75 Å². The average Bonchev–Trinajstić information content (AvgIpc) is 2.86. The van der Waals surface area contributed by atoms with Gasteiger partial charge in [-0.05, 0) is 43.1 Å². The number of fused-ring (bicyclic) bond motifs is 1. The molecule has 0 atom stereocenters. The summed E-state index contributed by atoms with van der Waals surface area (Å²) in [4.78, 5) is 11.8. The third kappa shape index (κ3) is 4.24. The minimum Gasteiger partial charge on any atom is -0.493 e. The second-order valence-corrected chi connectivity index (χ2v) is 4.92. The van der Waals surface area contributed by atoms with Crippen molar-refractivity contribution in [1.29, 1.82) is 0 Å². The number of nitrogens with one attached hydrogen (secondary N) is 1. The molecule has 1 aromatic rings. The Labute approximate surface area is 114 Å². The Hall–Kier alpha value is -1.55. The van der Waals surface area contributed by atoms with Gasteiger partial charge in [-0.2, -0.15) is 0 Å². The van der Waals surface area contributed by atoms with Crippen LogP contribution in [-0.4, -0.2) is 19.1 Å². The maximum absolute atomic E-state index is 11.8. The molecule has 4 heteroatoms. The lowest BCUT2D eigenvalue weighted by Gasteiger charge is -2.07. The molecule has 3 N–H and O–H groups in total. The van der Waals surface area contributed by atoms with Crippen LogP contribution in [0.15, 0.2) is 18.2 Å². The second kappa shape index (κ2) is 7.14. The summed E-state index contributed by atoms with van der Waals surface area (Å²) in [5.74, 6) is 1.03. The van der Waals surface area contributed by atoms with Crippen LogP contribution in [-0.2, 0) is 11.2 Å². The van der Waals surface area contributed by atoms with Gasteiger partial charge in [0, 0.05) is 18.5 Å². The SMILES string of the molecule is NCCCCCCC(=O)Nc1ccc2c(c1)CCO2. The number of anilines is 1. The van der Waals surface area contributed by atoms with E-state index in [9.17, 15) is 4.79 Å². The molecule has 19 heavy (non-hydrogen) atoms. The Kier molecular flexibility index (Phi) is 5.21. The zero-order valence-electron chi connectivity index (χ0n) is 11.3. The third-order valence-corrected chi connectivity index (χ3v) is 3.33. The molecule has 0 aliphatic carbocycles. The third-order valence-electron chi connectivity index (χ3n) is 3.33. The number of nitrogens with two attached hydrogens (primary N) is 1. The fourth-order valence-corrected chi connectivity index (χ4v) is 2.27. The van der Waals surface area contributed by atoms with Gasteiger partial charge < -0.3 is 15.8 Å². The van der Waals surface area contributed by atoms with E-state index in [0.29, 0.717) is 6.42 Å². The summed E-state index contributed by atoms with van der Waals surface area (Å²) in [6.07, 6.45) is 5.67. The van der Waals surface area contributed by atoms with Crippen molar-refractivity contribution in [1.82, 2.24) is 0 Å². The first-order valence-electron chi connectivity index (χ1n) is 7.05. The topological polar surface area (TPSA) is 64.4 Å². The van der Waals surface area contributed by atoms with Crippen molar-refractivity contribution in [2.45, 2.75) is 38.5 Å². The normalized spacial score (nSPS) is 12.9. The summed E-state index contributed by atoms with van der Waals surface area (Å²) in [6.45, 7) is 1.48. The number of carbonyl (C=O) groups is 1. The van der Waals surface area contributed by atoms with Gasteiger partial charge in [-0.3, -0.25) is 4.79 Å². The fourth-order valence-electron chi connectivity index (χ4n) is 2.27. The fraction of sp³-hybridized carbons (Fsp3) is 0.533. The van der Waals surface area contributed by atoms with Crippen LogP contribution in [0.3, 0.4) is 0 Å². The van der Waals surface area contributed by atoms with Gasteiger partial charge in [-0.25, -0.2) is 0 Å². The Bertz CT molecular complexity index is 432. The Balaban J connectivity index is 1.73. The number of carbonyl (C=O) groups excluding carboxylic acids is 1. The van der Waals surface area contributed by atoms with Crippen LogP contribution in [0.4, 0.5) is 5.69 Å². The van der Waals surface area contributed by atoms with E-state index in [2.05, 4.69) is 5.32 Å². The van der Waals surface area contributed by atoms with Crippen LogP contribution in [0.1, 0.15) is 37.7 Å². The highest BCUT2D eigenvalue weighted by Crippen LogP contribution is 2.27. The van der Waals surface area contributed by atoms with Crippen LogP contribution in [0, 0.1) is 0 Å². The van der Waals surface area contributed by atoms with Crippen molar-refractivity contribution >= 4 is 11.6 Å². The summed E-state index contributed by atoms with van der Waals surface area (Å²) >= 11 is 0. The summed E-state index contributed by atoms with van der Waals surface area (Å²) in [5.41, 5.74) is 7.48. The lowest BCUT2D eigenvalue weighted by molar-refractivity contribution is -0.116. The molecule has 0 spiro atoms. The van der Waals surface area contributed by atoms with Crippen LogP contribution in [0.2, 0.25) is 0 Å². The largest absolute Gasteiger partial charge is 0.493 e. The lowest BCUT2D eigenvalue weighted by atomic mass is 10.1. The zero-order chi connectivity index (χ0) is 13.5. The molecular formula is C15H22N2O2. The van der Waals surface area contributed by atoms with Crippen LogP contribution < -0.4 is 15.8 Å². The molecule has 104 valence electrons. The molecule has 4 nitrogen and oxygen atoms in total. The number of benzene rings is 1. The molecule has 2 rings (SSSR count). The number of rotatable bonds is 7. The highest BCUT2D eigenvalue weighted by Gasteiger charge is 2.12. The van der Waals surface area contributed by atoms with Gasteiger partial charge >= 0.3 is 0 Å². The van der Waals surface area contributed by atoms with E-state index in [1.807, 2.05) is 18.2 Å². The number of hydrogen-bond donors (Lipinski definition) is 2. The van der Waals surface area contributed by atoms with E-state index in [1.54, 1.807) is 0 Å². The number of hydrogen-bond acceptors (Lipinski definition) is 3. The van der Waals surface area contributed by atoms with Crippen molar-refractivity contribution in [3.8, 4) is 5.75 Å². The molecule has 0 saturated carbocycles. The first-order chi connectivity index (χ1) is 9.29. The molecule has 0 aromatic heterocycles. The number of unbranched alkanes of at least 4 members (excludes halogenated alkanes) is 3. The Morgan fingerprint density at radius 1 is 1.26 bits per heavy atom. The molecule has 1 heterocycles. The first kappa shape index (κ1) is 13.9. The van der Waals surface area contributed by atoms with Crippen molar-refractivity contribution < 1.29 is 9.53 Å². The van der Waals surface area contributed by atoms with Crippen molar-refractivity contribution in [3.63, 3.8) is 0 Å². The molecule has 1 amide bonds. The minimum absolute atomic E-state index is 0.0895. The maximum Gasteiger partial charge on any atom is 0.224 e. The van der Waals surface area contributed by atoms with Gasteiger partial charge in [-0.15, -0.1) is 0 Å². The number of amides is 1. The van der Waals surface area contributed by atoms with Crippen molar-refractivity contribution in [3.05, 3.63) is 23.8 Å². The van der Waals surface area contributed by atoms with Gasteiger partial charge in [0.05, 0.1) is 6.61 Å². The van der Waals surface area contributed by atoms with Gasteiger partial charge in [0.25, 0.3) is 0 Å². The summed E-state index contributed by atoms with van der Waals surface area (Å²) < 4.78 is 5.44. The predicted molar refractivity (Wildman–Crippen MR) is 76.4 cm³/mol. The van der Waals surface area contributed by atoms with Gasteiger partial charge in [0.15, 0.2) is 0 Å². The highest BCUT2D eigenvalue weighted by atomic mass is 16.5. The lowest BCUT2D eigenvalue weighted by Crippen LogP contribution is -2.11. The second-order valence-electron chi connectivity index (χ2n) is 4.92. The predicted octanol–water partition coefficient (Wildman–Crippen LogP) is 2.47. The first-order valence-corrected chi connectivity index (χ1v) is 7.05. The summed E-state index contributed by atoms with van der Waals surface area (Å²) in [6, 6.07) is 5.84. The van der Waals surface area contributed by atoms with E-state index in [1.165, 1.54) is 5.56 Å². The molecular weight excluding hydrogens is 240 g/mol. The van der Waals surface area contributed by atoms with E-state index in [4.69, 9.17) is 10.5 Å². The maximum atomic E-state index is 11.8. The van der Waals surface area contributed by atoms with Crippen LogP contribution in [0.25, 0.3) is 0 Å². The van der Waals surface area contributed by atoms with E-state index < -0.39 is 0 Å². The quantitative estimate of drug-likeness (QED) is 0.742. The number of ether oxygens (including phenoxy) is 1. The average molecular weight is 262 g/mol. The molecule has 0 unspecified atom stereocenters. The van der Waals surface area contributed by atoms with Gasteiger partial charge in [0.2, 0.25) is 5.91 Å². The molecule has 0 bridgehead atoms. The summed E-state index contributed by atoms with van der Waals surface area (Å²) in [7, 11) is 0. The Morgan fingerprint density at radius 2 is 2.11 bits per heavy atom. The smallest absolute Gasteiger partial charge is 0.224 e. The van der Waals surface area contributed by atoms with Crippen molar-refractivity contribution in [2.75, 3.05) is 18.5 Å². The van der Waals surface area contributed by atoms with Crippen molar-refractivity contribution in [2.24, 2.45) is 5.73 Å². The molecule has 1 aliphatic rings. The molecule has 0 radical (unpaired) electrons. The Morgan fingerprint density at radius 3 is 2.95 bits per heavy atom. The van der Waals surface area contributed by atoms with Crippen LogP contribution in [0.5, 0.6) is 5.75 Å². The molecule has 0 saturated heterocycles. The molecule has 1 aliphatic heterocycles. The molecule has 0 fully saturated rings. The monoisotopic (exact) mass is 262 g/mol. The van der Waals surface area contributed by atoms with E-state index in [-0.39, 0.29) is 5.91 Å². The zero-order valence-corrected chi connectivity index (χ0v) is 11.3. The minimum atomic E-state index is 0.0895. The highest BCUT2D eigenvalue weighted by molar-refractivity contribution is 5.90. The van der Waals surface area contributed by atoms with E-state index in [0.717, 1.165) is 56.7 Å². The molecule has 1 aromatic carbocycles. The van der Waals surface area contributed by atoms with Crippen LogP contribution >= 0.6 is 0 Å². The summed E-state index contributed by atoms with van der Waals surface area (Å²) in [5, 5.41) is 2.94. The standard InChI is InChI=1S/C15H22N2O2/c16-9-4-2-1-3-5-15(18)17-13-6-7-14-12(11-13)8-10-19-14/h6-7,11H,1-5,8-10,16H2,(H,17,18).